The van der Waals surface area contributed by atoms with Crippen LogP contribution < -0.4 is 0 Å². The van der Waals surface area contributed by atoms with Gasteiger partial charge < -0.3 is 0 Å². The zero-order valence-electron chi connectivity index (χ0n) is 7.89. The summed E-state index contributed by atoms with van der Waals surface area (Å²) in [4.78, 5) is 4.53. The van der Waals surface area contributed by atoms with Gasteiger partial charge in [-0.2, -0.15) is 0 Å². The molecule has 0 saturated heterocycles. The predicted octanol–water partition coefficient (Wildman–Crippen LogP) is 2.65. The third kappa shape index (κ3) is 2.96. The fraction of sp³-hybridized carbons (Fsp3) is 0.667. The van der Waals surface area contributed by atoms with Gasteiger partial charge in [0.05, 0.1) is 0 Å². The van der Waals surface area contributed by atoms with Crippen molar-refractivity contribution < 1.29 is 0 Å². The van der Waals surface area contributed by atoms with Crippen molar-refractivity contribution in [1.29, 1.82) is 0 Å². The third-order valence-electron chi connectivity index (χ3n) is 1.60. The third-order valence-corrected chi connectivity index (χ3v) is 4.91. The van der Waals surface area contributed by atoms with Gasteiger partial charge in [-0.3, -0.25) is 0 Å². The molecule has 12 heavy (non-hydrogen) atoms. The summed E-state index contributed by atoms with van der Waals surface area (Å²) < 4.78 is 2.85. The first-order valence-electron chi connectivity index (χ1n) is 4.31. The minimum absolute atomic E-state index is 0.564. The van der Waals surface area contributed by atoms with Gasteiger partial charge in [-0.15, -0.1) is 0 Å². The predicted molar refractivity (Wildman–Crippen MR) is 56.3 cm³/mol. The van der Waals surface area contributed by atoms with Gasteiger partial charge in [0, 0.05) is 0 Å². The minimum atomic E-state index is 0.564. The van der Waals surface area contributed by atoms with Crippen LogP contribution in [0.2, 0.25) is 0 Å². The molecular weight excluding hydrogens is 233 g/mol. The Labute approximate surface area is 84.7 Å². The second-order valence-electron chi connectivity index (χ2n) is 2.80. The average Bonchev–Trinajstić information content (AvgIpc) is 2.31. The molecule has 1 aromatic heterocycles. The van der Waals surface area contributed by atoms with Crippen molar-refractivity contribution in [3.8, 4) is 0 Å². The van der Waals surface area contributed by atoms with Gasteiger partial charge in [0.15, 0.2) is 0 Å². The van der Waals surface area contributed by atoms with Gasteiger partial charge in [0.2, 0.25) is 0 Å². The van der Waals surface area contributed by atoms with E-state index in [1.165, 1.54) is 32.6 Å². The van der Waals surface area contributed by atoms with Gasteiger partial charge in [-0.25, -0.2) is 0 Å². The van der Waals surface area contributed by atoms with E-state index >= 15 is 0 Å². The molecule has 3 heteroatoms. The molecule has 0 N–H and O–H groups in total. The summed E-state index contributed by atoms with van der Waals surface area (Å²) in [6, 6.07) is 0. The van der Waals surface area contributed by atoms with Crippen LogP contribution in [0, 0.1) is 13.8 Å². The molecule has 0 aliphatic carbocycles. The molecule has 0 spiro atoms. The van der Waals surface area contributed by atoms with Gasteiger partial charge in [0.1, 0.15) is 0 Å². The van der Waals surface area contributed by atoms with Crippen LogP contribution in [0.1, 0.15) is 28.8 Å². The molecule has 0 radical (unpaired) electrons. The Morgan fingerprint density at radius 1 is 1.42 bits per heavy atom. The molecule has 0 saturated carbocycles. The number of nitrogens with zero attached hydrogens (tertiary/aromatic N) is 1. The fourth-order valence-corrected chi connectivity index (χ4v) is 4.20. The maximum absolute atomic E-state index is 4.53. The van der Waals surface area contributed by atoms with Gasteiger partial charge in [0.25, 0.3) is 0 Å². The van der Waals surface area contributed by atoms with E-state index in [1.807, 2.05) is 11.8 Å². The first-order chi connectivity index (χ1) is 5.74. The monoisotopic (exact) mass is 249 g/mol. The molecule has 0 amide bonds. The molecule has 68 valence electrons. The van der Waals surface area contributed by atoms with Crippen LogP contribution in [0.5, 0.6) is 0 Å². The van der Waals surface area contributed by atoms with E-state index in [4.69, 9.17) is 0 Å². The molecule has 0 bridgehead atoms. The number of thioether (sulfide) groups is 1. The Morgan fingerprint density at radius 2 is 2.17 bits per heavy atom. The molecule has 0 atom stereocenters. The maximum atomic E-state index is 4.53. The molecule has 0 aromatic carbocycles. The number of hydrogen-bond acceptors (Lipinski definition) is 2. The van der Waals surface area contributed by atoms with Crippen LogP contribution in [0.15, 0.2) is 5.03 Å². The van der Waals surface area contributed by atoms with E-state index < -0.39 is 0 Å². The van der Waals surface area contributed by atoms with E-state index in [0.29, 0.717) is 14.5 Å². The summed E-state index contributed by atoms with van der Waals surface area (Å²) in [5, 5.41) is 1.31. The molecule has 1 heterocycles. The van der Waals surface area contributed by atoms with Crippen LogP contribution >= 0.6 is 11.8 Å². The van der Waals surface area contributed by atoms with E-state index in [-0.39, 0.29) is 0 Å². The summed E-state index contributed by atoms with van der Waals surface area (Å²) in [7, 11) is 0. The standard InChI is InChI=1S/C9H15NSSe/c1-4-5-6-11-9-7(2)12-8(3)10-9/h4-6H2,1-3H3. The topological polar surface area (TPSA) is 12.9 Å². The number of aryl methyl sites for hydroxylation is 2. The first kappa shape index (κ1) is 10.4. The van der Waals surface area contributed by atoms with Crippen molar-refractivity contribution in [2.45, 2.75) is 38.6 Å². The average molecular weight is 248 g/mol. The van der Waals surface area contributed by atoms with Crippen molar-refractivity contribution in [3.63, 3.8) is 0 Å². The summed E-state index contributed by atoms with van der Waals surface area (Å²) in [6.45, 7) is 6.58. The van der Waals surface area contributed by atoms with Gasteiger partial charge in [-0.05, 0) is 0 Å². The molecule has 1 nitrogen and oxygen atoms in total. The van der Waals surface area contributed by atoms with E-state index in [9.17, 15) is 0 Å². The second-order valence-corrected chi connectivity index (χ2v) is 6.83. The molecule has 1 rings (SSSR count). The number of aromatic nitrogens is 1. The Morgan fingerprint density at radius 3 is 2.67 bits per heavy atom. The summed E-state index contributed by atoms with van der Waals surface area (Å²) in [6.07, 6.45) is 2.59. The van der Waals surface area contributed by atoms with Crippen LogP contribution in [0.3, 0.4) is 0 Å². The quantitative estimate of drug-likeness (QED) is 0.461. The van der Waals surface area contributed by atoms with E-state index in [1.54, 1.807) is 0 Å². The molecule has 0 aliphatic heterocycles. The zero-order chi connectivity index (χ0) is 8.97. The molecular formula is C9H15NSSe. The summed E-state index contributed by atoms with van der Waals surface area (Å²) in [5.74, 6) is 1.23. The van der Waals surface area contributed by atoms with E-state index in [0.717, 1.165) is 0 Å². The Bertz CT molecular complexity index is 245. The second kappa shape index (κ2) is 5.11. The molecule has 0 aliphatic rings. The van der Waals surface area contributed by atoms with Gasteiger partial charge in [-0.1, -0.05) is 0 Å². The zero-order valence-corrected chi connectivity index (χ0v) is 10.4. The van der Waals surface area contributed by atoms with Crippen LogP contribution in [0.4, 0.5) is 0 Å². The Hall–Kier alpha value is 0.279. The number of unbranched alkanes of at least 4 members (excludes halogenated alkanes) is 1. The summed E-state index contributed by atoms with van der Waals surface area (Å²) in [5.41, 5.74) is 0. The molecule has 0 fully saturated rings. The van der Waals surface area contributed by atoms with Crippen LogP contribution in [-0.4, -0.2) is 25.2 Å². The summed E-state index contributed by atoms with van der Waals surface area (Å²) >= 11 is 2.49. The normalized spacial score (nSPS) is 10.6. The number of hydrogen-bond donors (Lipinski definition) is 0. The number of rotatable bonds is 4. The first-order valence-corrected chi connectivity index (χ1v) is 7.00. The van der Waals surface area contributed by atoms with E-state index in [2.05, 4.69) is 25.8 Å². The molecule has 0 unspecified atom stereocenters. The van der Waals surface area contributed by atoms with Gasteiger partial charge >= 0.3 is 84.6 Å². The van der Waals surface area contributed by atoms with Crippen molar-refractivity contribution >= 4 is 26.3 Å². The van der Waals surface area contributed by atoms with Crippen molar-refractivity contribution in [2.24, 2.45) is 0 Å². The van der Waals surface area contributed by atoms with Crippen LogP contribution in [0.25, 0.3) is 0 Å². The van der Waals surface area contributed by atoms with Crippen molar-refractivity contribution in [2.75, 3.05) is 5.75 Å². The van der Waals surface area contributed by atoms with Crippen molar-refractivity contribution in [3.05, 3.63) is 9.01 Å². The van der Waals surface area contributed by atoms with Crippen LogP contribution in [-0.2, 0) is 0 Å². The SMILES string of the molecule is CCCCSc1nc(C)[se]c1C. The van der Waals surface area contributed by atoms with Crippen molar-refractivity contribution in [1.82, 2.24) is 4.98 Å². The fourth-order valence-electron chi connectivity index (χ4n) is 0.957. The molecule has 1 aromatic rings. The Balaban J connectivity index is 2.45. The Kier molecular flexibility index (Phi) is 4.41.